The molecule has 3 unspecified atom stereocenters. The summed E-state index contributed by atoms with van der Waals surface area (Å²) >= 11 is 6.29. The molecule has 0 saturated heterocycles. The van der Waals surface area contributed by atoms with Crippen molar-refractivity contribution in [3.05, 3.63) is 29.6 Å². The second-order valence-electron chi connectivity index (χ2n) is 5.61. The van der Waals surface area contributed by atoms with Crippen molar-refractivity contribution in [2.75, 3.05) is 0 Å². The van der Waals surface area contributed by atoms with Gasteiger partial charge in [0.25, 0.3) is 0 Å². The first kappa shape index (κ1) is 12.0. The Balaban J connectivity index is 2.12. The molecule has 96 valence electrons. The zero-order valence-corrected chi connectivity index (χ0v) is 11.9. The Kier molecular flexibility index (Phi) is 2.86. The van der Waals surface area contributed by atoms with E-state index in [2.05, 4.69) is 36.6 Å². The lowest BCUT2D eigenvalue weighted by Crippen LogP contribution is -2.06. The maximum atomic E-state index is 6.29. The van der Waals surface area contributed by atoms with Crippen molar-refractivity contribution in [3.8, 4) is 0 Å². The number of para-hydroxylation sites is 1. The van der Waals surface area contributed by atoms with Crippen molar-refractivity contribution in [2.45, 2.75) is 39.1 Å². The number of halogens is 1. The number of fused-ring (bicyclic) bond motifs is 1. The highest BCUT2D eigenvalue weighted by Gasteiger charge is 2.34. The number of aryl methyl sites for hydroxylation is 1. The summed E-state index contributed by atoms with van der Waals surface area (Å²) in [7, 11) is 0. The van der Waals surface area contributed by atoms with Crippen molar-refractivity contribution in [2.24, 2.45) is 11.8 Å². The van der Waals surface area contributed by atoms with Gasteiger partial charge in [-0.15, -0.1) is 11.6 Å². The molecule has 2 nitrogen and oxygen atoms in total. The normalized spacial score (nSPS) is 24.4. The largest absolute Gasteiger partial charge is 0.326 e. The van der Waals surface area contributed by atoms with E-state index >= 15 is 0 Å². The van der Waals surface area contributed by atoms with Crippen LogP contribution in [0, 0.1) is 18.8 Å². The van der Waals surface area contributed by atoms with Crippen molar-refractivity contribution in [1.82, 2.24) is 9.55 Å². The highest BCUT2D eigenvalue weighted by Crippen LogP contribution is 2.40. The number of aromatic nitrogens is 2. The van der Waals surface area contributed by atoms with Crippen molar-refractivity contribution in [3.63, 3.8) is 0 Å². The lowest BCUT2D eigenvalue weighted by Gasteiger charge is -2.10. The van der Waals surface area contributed by atoms with Gasteiger partial charge >= 0.3 is 0 Å². The molecule has 0 aliphatic heterocycles. The molecule has 3 rings (SSSR count). The molecule has 3 heteroatoms. The minimum absolute atomic E-state index is 0.0362. The topological polar surface area (TPSA) is 17.8 Å². The fourth-order valence-corrected chi connectivity index (χ4v) is 2.86. The minimum Gasteiger partial charge on any atom is -0.326 e. The molecule has 1 aliphatic carbocycles. The van der Waals surface area contributed by atoms with Crippen LogP contribution in [0.1, 0.15) is 37.0 Å². The van der Waals surface area contributed by atoms with Crippen molar-refractivity contribution >= 4 is 22.6 Å². The highest BCUT2D eigenvalue weighted by atomic mass is 35.5. The molecule has 1 saturated carbocycles. The van der Waals surface area contributed by atoms with Gasteiger partial charge in [0.05, 0.1) is 16.4 Å². The number of rotatable bonds is 3. The van der Waals surface area contributed by atoms with Crippen LogP contribution in [0.3, 0.4) is 0 Å². The molecule has 3 atom stereocenters. The van der Waals surface area contributed by atoms with Crippen LogP contribution in [0.2, 0.25) is 0 Å². The van der Waals surface area contributed by atoms with Crippen LogP contribution in [-0.4, -0.2) is 9.55 Å². The van der Waals surface area contributed by atoms with Gasteiger partial charge in [-0.05, 0) is 43.7 Å². The quantitative estimate of drug-likeness (QED) is 0.754. The van der Waals surface area contributed by atoms with Crippen LogP contribution in [0.4, 0.5) is 0 Å². The van der Waals surface area contributed by atoms with Gasteiger partial charge in [0, 0.05) is 6.54 Å². The predicted molar refractivity (Wildman–Crippen MR) is 76.0 cm³/mol. The Morgan fingerprint density at radius 3 is 2.83 bits per heavy atom. The summed E-state index contributed by atoms with van der Waals surface area (Å²) in [5, 5.41) is -0.0362. The van der Waals surface area contributed by atoms with E-state index in [0.29, 0.717) is 0 Å². The van der Waals surface area contributed by atoms with Crippen LogP contribution in [0.15, 0.2) is 18.2 Å². The van der Waals surface area contributed by atoms with E-state index in [4.69, 9.17) is 16.6 Å². The Morgan fingerprint density at radius 1 is 1.50 bits per heavy atom. The van der Waals surface area contributed by atoms with Gasteiger partial charge < -0.3 is 4.57 Å². The number of imidazole rings is 1. The molecule has 1 aromatic carbocycles. The first-order valence-electron chi connectivity index (χ1n) is 6.67. The third-order valence-corrected chi connectivity index (χ3v) is 4.25. The lowest BCUT2D eigenvalue weighted by atomic mass is 10.2. The van der Waals surface area contributed by atoms with Crippen LogP contribution >= 0.6 is 11.6 Å². The molecule has 1 aliphatic rings. The van der Waals surface area contributed by atoms with Crippen LogP contribution in [0.25, 0.3) is 11.0 Å². The molecule has 2 aromatic rings. The number of benzene rings is 1. The minimum atomic E-state index is -0.0362. The van der Waals surface area contributed by atoms with Crippen molar-refractivity contribution < 1.29 is 0 Å². The van der Waals surface area contributed by atoms with Crippen LogP contribution < -0.4 is 0 Å². The van der Waals surface area contributed by atoms with Gasteiger partial charge in [-0.3, -0.25) is 0 Å². The second-order valence-corrected chi connectivity index (χ2v) is 6.27. The number of hydrogen-bond acceptors (Lipinski definition) is 1. The fraction of sp³-hybridized carbons (Fsp3) is 0.533. The van der Waals surface area contributed by atoms with E-state index in [1.54, 1.807) is 0 Å². The van der Waals surface area contributed by atoms with Gasteiger partial charge in [-0.2, -0.15) is 0 Å². The SMILES string of the molecule is Cc1cccc2c1nc(C(C)Cl)n2CC1CC1C. The first-order chi connectivity index (χ1) is 8.58. The summed E-state index contributed by atoms with van der Waals surface area (Å²) in [6.45, 7) is 7.50. The van der Waals surface area contributed by atoms with E-state index < -0.39 is 0 Å². The Hall–Kier alpha value is -1.02. The van der Waals surface area contributed by atoms with Crippen LogP contribution in [0.5, 0.6) is 0 Å². The monoisotopic (exact) mass is 262 g/mol. The summed E-state index contributed by atoms with van der Waals surface area (Å²) in [4.78, 5) is 4.75. The van der Waals surface area contributed by atoms with E-state index in [-0.39, 0.29) is 5.38 Å². The first-order valence-corrected chi connectivity index (χ1v) is 7.11. The van der Waals surface area contributed by atoms with Gasteiger partial charge in [-0.25, -0.2) is 4.98 Å². The summed E-state index contributed by atoms with van der Waals surface area (Å²) < 4.78 is 2.33. The Bertz CT molecular complexity index is 585. The molecule has 0 amide bonds. The molecule has 0 radical (unpaired) electrons. The number of nitrogens with zero attached hydrogens (tertiary/aromatic N) is 2. The molecule has 18 heavy (non-hydrogen) atoms. The average Bonchev–Trinajstić information content (AvgIpc) is 2.87. The van der Waals surface area contributed by atoms with Gasteiger partial charge in [-0.1, -0.05) is 19.1 Å². The standard InChI is InChI=1S/C15H19ClN2/c1-9-5-4-6-13-14(9)17-15(11(3)16)18(13)8-12-7-10(12)2/h4-6,10-12H,7-8H2,1-3H3. The molecular formula is C15H19ClN2. The predicted octanol–water partition coefficient (Wildman–Crippen LogP) is 4.30. The molecule has 0 N–H and O–H groups in total. The smallest absolute Gasteiger partial charge is 0.127 e. The fourth-order valence-electron chi connectivity index (χ4n) is 2.69. The van der Waals surface area contributed by atoms with E-state index in [1.807, 2.05) is 6.92 Å². The van der Waals surface area contributed by atoms with Crippen LogP contribution in [-0.2, 0) is 6.54 Å². The van der Waals surface area contributed by atoms with E-state index in [0.717, 1.165) is 29.7 Å². The molecule has 0 spiro atoms. The molecule has 1 aromatic heterocycles. The summed E-state index contributed by atoms with van der Waals surface area (Å²) in [5.41, 5.74) is 3.57. The summed E-state index contributed by atoms with van der Waals surface area (Å²) in [6.07, 6.45) is 1.33. The maximum absolute atomic E-state index is 6.29. The van der Waals surface area contributed by atoms with Gasteiger partial charge in [0.2, 0.25) is 0 Å². The van der Waals surface area contributed by atoms with Crippen molar-refractivity contribution in [1.29, 1.82) is 0 Å². The lowest BCUT2D eigenvalue weighted by molar-refractivity contribution is 0.582. The van der Waals surface area contributed by atoms with E-state index in [1.165, 1.54) is 17.5 Å². The average molecular weight is 263 g/mol. The van der Waals surface area contributed by atoms with E-state index in [9.17, 15) is 0 Å². The molecular weight excluding hydrogens is 244 g/mol. The number of hydrogen-bond donors (Lipinski definition) is 0. The van der Waals surface area contributed by atoms with Gasteiger partial charge in [0.15, 0.2) is 0 Å². The molecule has 0 bridgehead atoms. The molecule has 1 fully saturated rings. The third-order valence-electron chi connectivity index (χ3n) is 4.06. The maximum Gasteiger partial charge on any atom is 0.127 e. The second kappa shape index (κ2) is 4.27. The molecule has 1 heterocycles. The zero-order valence-electron chi connectivity index (χ0n) is 11.2. The number of alkyl halides is 1. The van der Waals surface area contributed by atoms with Gasteiger partial charge in [0.1, 0.15) is 5.82 Å². The highest BCUT2D eigenvalue weighted by molar-refractivity contribution is 6.20. The summed E-state index contributed by atoms with van der Waals surface area (Å²) in [5.74, 6) is 2.67. The Morgan fingerprint density at radius 2 is 2.22 bits per heavy atom. The third kappa shape index (κ3) is 1.93. The summed E-state index contributed by atoms with van der Waals surface area (Å²) in [6, 6.07) is 6.38. The Labute approximate surface area is 113 Å². The zero-order chi connectivity index (χ0) is 12.9.